The van der Waals surface area contributed by atoms with Crippen LogP contribution in [0.3, 0.4) is 0 Å². The van der Waals surface area contributed by atoms with E-state index in [2.05, 4.69) is 15.5 Å². The number of amides is 1. The van der Waals surface area contributed by atoms with E-state index in [0.717, 1.165) is 6.07 Å². The molecule has 0 fully saturated rings. The van der Waals surface area contributed by atoms with E-state index < -0.39 is 17.3 Å². The van der Waals surface area contributed by atoms with E-state index >= 15 is 0 Å². The van der Waals surface area contributed by atoms with Crippen LogP contribution in [0.25, 0.3) is 16.7 Å². The minimum atomic E-state index is -1.04. The smallest absolute Gasteiger partial charge is 0.303 e. The molecule has 9 nitrogen and oxygen atoms in total. The Bertz CT molecular complexity index is 1150. The minimum absolute atomic E-state index is 0.108. The summed E-state index contributed by atoms with van der Waals surface area (Å²) in [6, 6.07) is 3.86. The molecular weight excluding hydrogens is 377 g/mol. The average molecular weight is 393 g/mol. The van der Waals surface area contributed by atoms with Crippen molar-refractivity contribution in [3.63, 3.8) is 0 Å². The largest absolute Gasteiger partial charge is 0.481 e. The summed E-state index contributed by atoms with van der Waals surface area (Å²) >= 11 is 5.20. The third-order valence-corrected chi connectivity index (χ3v) is 4.29. The number of aromatic amines is 1. The zero-order valence-electron chi connectivity index (χ0n) is 14.1. The molecular formula is C16H16FN5O4S. The summed E-state index contributed by atoms with van der Waals surface area (Å²) in [5.41, 5.74) is 0.0385. The number of rotatable bonds is 7. The van der Waals surface area contributed by atoms with Gasteiger partial charge in [-0.15, -0.1) is 5.10 Å². The van der Waals surface area contributed by atoms with Gasteiger partial charge in [0.1, 0.15) is 5.82 Å². The molecule has 0 bridgehead atoms. The van der Waals surface area contributed by atoms with Crippen molar-refractivity contribution in [1.82, 2.24) is 24.5 Å². The van der Waals surface area contributed by atoms with Crippen molar-refractivity contribution in [2.75, 3.05) is 6.54 Å². The van der Waals surface area contributed by atoms with Gasteiger partial charge in [0.05, 0.1) is 17.3 Å². The highest BCUT2D eigenvalue weighted by molar-refractivity contribution is 7.71. The van der Waals surface area contributed by atoms with Gasteiger partial charge in [0, 0.05) is 19.5 Å². The van der Waals surface area contributed by atoms with Gasteiger partial charge < -0.3 is 10.4 Å². The number of carbonyl (C=O) groups is 2. The van der Waals surface area contributed by atoms with Crippen LogP contribution in [0.4, 0.5) is 4.39 Å². The van der Waals surface area contributed by atoms with E-state index in [1.54, 1.807) is 4.40 Å². The van der Waals surface area contributed by atoms with E-state index in [0.29, 0.717) is 17.7 Å². The lowest BCUT2D eigenvalue weighted by Crippen LogP contribution is -2.28. The van der Waals surface area contributed by atoms with Crippen molar-refractivity contribution < 1.29 is 19.1 Å². The summed E-state index contributed by atoms with van der Waals surface area (Å²) in [5, 5.41) is 18.0. The zero-order valence-corrected chi connectivity index (χ0v) is 14.9. The number of carboxylic acid groups (broad SMARTS) is 1. The summed E-state index contributed by atoms with van der Waals surface area (Å²) in [7, 11) is 0. The van der Waals surface area contributed by atoms with Gasteiger partial charge in [0.25, 0.3) is 5.56 Å². The number of halogens is 1. The van der Waals surface area contributed by atoms with Crippen molar-refractivity contribution in [1.29, 1.82) is 0 Å². The molecule has 0 saturated carbocycles. The average Bonchev–Trinajstić information content (AvgIpc) is 3.01. The fourth-order valence-corrected chi connectivity index (χ4v) is 3.00. The SMILES string of the molecule is O=C(O)CCC(=O)NCCCn1c(=O)c2cc(F)ccc2n2c(=S)[nH]nc12. The normalized spacial score (nSPS) is 11.1. The lowest BCUT2D eigenvalue weighted by molar-refractivity contribution is -0.138. The fraction of sp³-hybridized carbons (Fsp3) is 0.312. The van der Waals surface area contributed by atoms with E-state index in [-0.39, 0.29) is 42.0 Å². The third kappa shape index (κ3) is 3.87. The summed E-state index contributed by atoms with van der Waals surface area (Å²) in [4.78, 5) is 34.7. The Kier molecular flexibility index (Phi) is 5.31. The van der Waals surface area contributed by atoms with Gasteiger partial charge in [-0.05, 0) is 36.8 Å². The van der Waals surface area contributed by atoms with Gasteiger partial charge in [-0.1, -0.05) is 0 Å². The van der Waals surface area contributed by atoms with E-state index in [4.69, 9.17) is 17.3 Å². The predicted molar refractivity (Wildman–Crippen MR) is 96.6 cm³/mol. The molecule has 11 heteroatoms. The van der Waals surface area contributed by atoms with Crippen LogP contribution in [0.15, 0.2) is 23.0 Å². The first-order valence-corrected chi connectivity index (χ1v) is 8.57. The molecule has 2 aromatic heterocycles. The van der Waals surface area contributed by atoms with Crippen LogP contribution < -0.4 is 10.9 Å². The Balaban J connectivity index is 1.83. The number of benzene rings is 1. The molecule has 142 valence electrons. The molecule has 3 aromatic rings. The van der Waals surface area contributed by atoms with Crippen molar-refractivity contribution in [2.45, 2.75) is 25.8 Å². The predicted octanol–water partition coefficient (Wildman–Crippen LogP) is 1.22. The van der Waals surface area contributed by atoms with Gasteiger partial charge in [-0.2, -0.15) is 0 Å². The number of nitrogens with one attached hydrogen (secondary N) is 2. The number of nitrogens with zero attached hydrogens (tertiary/aromatic N) is 3. The van der Waals surface area contributed by atoms with E-state index in [1.807, 2.05) is 0 Å². The molecule has 27 heavy (non-hydrogen) atoms. The molecule has 0 saturated heterocycles. The number of hydrogen-bond donors (Lipinski definition) is 3. The first-order chi connectivity index (χ1) is 12.9. The van der Waals surface area contributed by atoms with Crippen molar-refractivity contribution in [2.24, 2.45) is 0 Å². The number of fused-ring (bicyclic) bond motifs is 3. The monoisotopic (exact) mass is 393 g/mol. The third-order valence-electron chi connectivity index (χ3n) is 4.02. The first-order valence-electron chi connectivity index (χ1n) is 8.16. The molecule has 0 aliphatic carbocycles. The topological polar surface area (TPSA) is 121 Å². The molecule has 0 unspecified atom stereocenters. The highest BCUT2D eigenvalue weighted by Crippen LogP contribution is 2.14. The van der Waals surface area contributed by atoms with E-state index in [1.165, 1.54) is 16.7 Å². The molecule has 0 spiro atoms. The quantitative estimate of drug-likeness (QED) is 0.410. The molecule has 2 heterocycles. The van der Waals surface area contributed by atoms with Gasteiger partial charge in [-0.3, -0.25) is 23.4 Å². The molecule has 3 N–H and O–H groups in total. The number of carbonyl (C=O) groups excluding carboxylic acids is 1. The summed E-state index contributed by atoms with van der Waals surface area (Å²) in [5.74, 6) is -1.66. The number of aromatic nitrogens is 4. The lowest BCUT2D eigenvalue weighted by Gasteiger charge is -2.10. The first kappa shape index (κ1) is 18.7. The summed E-state index contributed by atoms with van der Waals surface area (Å²) in [6.07, 6.45) is 0.0474. The van der Waals surface area contributed by atoms with Gasteiger partial charge in [-0.25, -0.2) is 9.49 Å². The highest BCUT2D eigenvalue weighted by Gasteiger charge is 2.14. The van der Waals surface area contributed by atoms with Gasteiger partial charge in [0.2, 0.25) is 16.5 Å². The lowest BCUT2D eigenvalue weighted by atomic mass is 10.2. The molecule has 0 radical (unpaired) electrons. The van der Waals surface area contributed by atoms with Crippen LogP contribution in [0.5, 0.6) is 0 Å². The number of aliphatic carboxylic acids is 1. The maximum Gasteiger partial charge on any atom is 0.303 e. The molecule has 1 amide bonds. The van der Waals surface area contributed by atoms with Crippen molar-refractivity contribution >= 4 is 40.8 Å². The fourth-order valence-electron chi connectivity index (χ4n) is 2.77. The highest BCUT2D eigenvalue weighted by atomic mass is 32.1. The number of H-pyrrole nitrogens is 1. The maximum atomic E-state index is 13.6. The zero-order chi connectivity index (χ0) is 19.6. The van der Waals surface area contributed by atoms with Crippen LogP contribution in [0.2, 0.25) is 0 Å². The maximum absolute atomic E-state index is 13.6. The summed E-state index contributed by atoms with van der Waals surface area (Å²) < 4.78 is 16.8. The van der Waals surface area contributed by atoms with Crippen molar-refractivity contribution in [3.05, 3.63) is 39.1 Å². The van der Waals surface area contributed by atoms with Crippen LogP contribution in [0, 0.1) is 10.6 Å². The molecule has 1 aromatic carbocycles. The summed E-state index contributed by atoms with van der Waals surface area (Å²) in [6.45, 7) is 0.469. The second-order valence-corrected chi connectivity index (χ2v) is 6.27. The molecule has 3 rings (SSSR count). The van der Waals surface area contributed by atoms with Crippen LogP contribution in [0.1, 0.15) is 19.3 Å². The van der Waals surface area contributed by atoms with Crippen molar-refractivity contribution in [3.8, 4) is 0 Å². The second kappa shape index (κ2) is 7.66. The molecule has 0 atom stereocenters. The molecule has 0 aliphatic heterocycles. The van der Waals surface area contributed by atoms with Gasteiger partial charge >= 0.3 is 5.97 Å². The Morgan fingerprint density at radius 1 is 1.33 bits per heavy atom. The van der Waals surface area contributed by atoms with Crippen LogP contribution in [-0.2, 0) is 16.1 Å². The Morgan fingerprint density at radius 2 is 2.11 bits per heavy atom. The van der Waals surface area contributed by atoms with Crippen LogP contribution >= 0.6 is 12.2 Å². The Morgan fingerprint density at radius 3 is 2.85 bits per heavy atom. The number of aryl methyl sites for hydroxylation is 1. The van der Waals surface area contributed by atoms with Gasteiger partial charge in [0.15, 0.2) is 0 Å². The minimum Gasteiger partial charge on any atom is -0.481 e. The second-order valence-electron chi connectivity index (χ2n) is 5.88. The Labute approximate surface area is 156 Å². The Hall–Kier alpha value is -3.08. The van der Waals surface area contributed by atoms with Crippen LogP contribution in [-0.4, -0.2) is 42.7 Å². The van der Waals surface area contributed by atoms with E-state index in [9.17, 15) is 18.8 Å². The number of hydrogen-bond acceptors (Lipinski definition) is 5. The molecule has 0 aliphatic rings. The number of carboxylic acids is 1. The standard InChI is InChI=1S/C16H16FN5O4S/c17-9-2-3-11-10(8-9)14(26)21(15-19-20-16(27)22(11)15)7-1-6-18-12(23)4-5-13(24)25/h2-3,8H,1,4-7H2,(H,18,23)(H,20,27)(H,24,25).